The van der Waals surface area contributed by atoms with E-state index in [2.05, 4.69) is 203 Å². The SMILES string of the molecule is c1ccc(-c2ccc(-c3nc(-c4ccccc4)nc(-c4ccc(-n5c6ccccc6c6c7oc8ccccc8c7cc(-c7ccc8c(c7)c7ccccc7n8-c7ccccc7)c65)cc4)n3)cc2)cc1. The second-order valence-corrected chi connectivity index (χ2v) is 17.6. The number of furan rings is 1. The normalized spacial score (nSPS) is 11.8. The van der Waals surface area contributed by atoms with Gasteiger partial charge in [0.2, 0.25) is 0 Å². The maximum atomic E-state index is 6.86. The van der Waals surface area contributed by atoms with Gasteiger partial charge in [0, 0.05) is 60.6 Å². The van der Waals surface area contributed by atoms with Gasteiger partial charge in [0.25, 0.3) is 0 Å². The van der Waals surface area contributed by atoms with Crippen LogP contribution in [0.25, 0.3) is 133 Å². The van der Waals surface area contributed by atoms with Crippen molar-refractivity contribution in [1.82, 2.24) is 24.1 Å². The average molecular weight is 882 g/mol. The van der Waals surface area contributed by atoms with Gasteiger partial charge in [0.1, 0.15) is 11.2 Å². The van der Waals surface area contributed by atoms with E-state index >= 15 is 0 Å². The highest BCUT2D eigenvalue weighted by molar-refractivity contribution is 6.27. The largest absolute Gasteiger partial charge is 0.455 e. The fraction of sp³-hybridized carbons (Fsp3) is 0. The van der Waals surface area contributed by atoms with E-state index in [4.69, 9.17) is 19.4 Å². The Balaban J connectivity index is 0.967. The topological polar surface area (TPSA) is 61.7 Å². The summed E-state index contributed by atoms with van der Waals surface area (Å²) in [6.07, 6.45) is 0. The lowest BCUT2D eigenvalue weighted by atomic mass is 9.97. The molecule has 14 aromatic rings. The number of nitrogens with zero attached hydrogens (tertiary/aromatic N) is 5. The molecule has 0 saturated carbocycles. The van der Waals surface area contributed by atoms with Crippen molar-refractivity contribution in [3.8, 4) is 67.8 Å². The van der Waals surface area contributed by atoms with E-state index in [1.807, 2.05) is 42.5 Å². The zero-order chi connectivity index (χ0) is 45.4. The Hall–Kier alpha value is -9.39. The maximum absolute atomic E-state index is 6.86. The number of hydrogen-bond donors (Lipinski definition) is 0. The summed E-state index contributed by atoms with van der Waals surface area (Å²) in [6.45, 7) is 0. The van der Waals surface area contributed by atoms with E-state index < -0.39 is 0 Å². The quantitative estimate of drug-likeness (QED) is 0.160. The minimum absolute atomic E-state index is 0.604. The van der Waals surface area contributed by atoms with E-state index in [1.54, 1.807) is 0 Å². The van der Waals surface area contributed by atoms with Crippen LogP contribution in [0.2, 0.25) is 0 Å². The summed E-state index contributed by atoms with van der Waals surface area (Å²) in [5.74, 6) is 1.85. The third kappa shape index (κ3) is 6.30. The van der Waals surface area contributed by atoms with Crippen molar-refractivity contribution >= 4 is 65.6 Å². The van der Waals surface area contributed by atoms with E-state index in [0.717, 1.165) is 99.6 Å². The molecule has 322 valence electrons. The molecule has 0 amide bonds. The number of para-hydroxylation sites is 4. The lowest BCUT2D eigenvalue weighted by Crippen LogP contribution is -2.01. The highest BCUT2D eigenvalue weighted by Gasteiger charge is 2.24. The molecule has 0 aliphatic carbocycles. The second kappa shape index (κ2) is 15.6. The molecule has 0 aliphatic rings. The molecular formula is C63H39N5O. The Morgan fingerprint density at radius 1 is 0.304 bits per heavy atom. The molecule has 0 spiro atoms. The molecule has 4 aromatic heterocycles. The Labute approximate surface area is 396 Å². The Morgan fingerprint density at radius 2 is 0.768 bits per heavy atom. The van der Waals surface area contributed by atoms with Crippen LogP contribution in [-0.4, -0.2) is 24.1 Å². The van der Waals surface area contributed by atoms with Crippen LogP contribution < -0.4 is 0 Å². The van der Waals surface area contributed by atoms with Crippen LogP contribution in [0.5, 0.6) is 0 Å². The summed E-state index contributed by atoms with van der Waals surface area (Å²) in [5.41, 5.74) is 15.7. The van der Waals surface area contributed by atoms with Crippen LogP contribution in [0.3, 0.4) is 0 Å². The van der Waals surface area contributed by atoms with E-state index in [9.17, 15) is 0 Å². The molecule has 6 nitrogen and oxygen atoms in total. The Morgan fingerprint density at radius 3 is 1.45 bits per heavy atom. The zero-order valence-corrected chi connectivity index (χ0v) is 37.2. The van der Waals surface area contributed by atoms with Gasteiger partial charge in [-0.15, -0.1) is 0 Å². The van der Waals surface area contributed by atoms with Gasteiger partial charge in [-0.05, 0) is 89.5 Å². The Kier molecular flexibility index (Phi) is 8.79. The lowest BCUT2D eigenvalue weighted by molar-refractivity contribution is 0.673. The van der Waals surface area contributed by atoms with Gasteiger partial charge in [-0.3, -0.25) is 0 Å². The van der Waals surface area contributed by atoms with Crippen molar-refractivity contribution in [3.05, 3.63) is 237 Å². The number of hydrogen-bond acceptors (Lipinski definition) is 4. The van der Waals surface area contributed by atoms with Gasteiger partial charge in [0.05, 0.1) is 27.5 Å². The number of benzene rings is 10. The molecule has 4 heterocycles. The summed E-state index contributed by atoms with van der Waals surface area (Å²) < 4.78 is 11.6. The fourth-order valence-electron chi connectivity index (χ4n) is 10.4. The molecule has 0 bridgehead atoms. The smallest absolute Gasteiger partial charge is 0.164 e. The third-order valence-electron chi connectivity index (χ3n) is 13.6. The molecule has 0 N–H and O–H groups in total. The lowest BCUT2D eigenvalue weighted by Gasteiger charge is -2.14. The minimum atomic E-state index is 0.604. The van der Waals surface area contributed by atoms with Crippen LogP contribution in [-0.2, 0) is 0 Å². The second-order valence-electron chi connectivity index (χ2n) is 17.6. The summed E-state index contributed by atoms with van der Waals surface area (Å²) in [5, 5.41) is 6.80. The van der Waals surface area contributed by atoms with Crippen LogP contribution >= 0.6 is 0 Å². The first-order valence-corrected chi connectivity index (χ1v) is 23.3. The molecule has 6 heteroatoms. The van der Waals surface area contributed by atoms with Crippen molar-refractivity contribution in [2.24, 2.45) is 0 Å². The molecule has 0 unspecified atom stereocenters. The highest BCUT2D eigenvalue weighted by Crippen LogP contribution is 2.46. The zero-order valence-electron chi connectivity index (χ0n) is 37.2. The van der Waals surface area contributed by atoms with Crippen LogP contribution in [0, 0.1) is 0 Å². The number of rotatable bonds is 7. The van der Waals surface area contributed by atoms with Crippen LogP contribution in [0.1, 0.15) is 0 Å². The van der Waals surface area contributed by atoms with Gasteiger partial charge in [-0.2, -0.15) is 0 Å². The van der Waals surface area contributed by atoms with Gasteiger partial charge in [-0.1, -0.05) is 164 Å². The van der Waals surface area contributed by atoms with Gasteiger partial charge >= 0.3 is 0 Å². The monoisotopic (exact) mass is 881 g/mol. The summed E-state index contributed by atoms with van der Waals surface area (Å²) in [4.78, 5) is 15.2. The molecule has 0 atom stereocenters. The van der Waals surface area contributed by atoms with Gasteiger partial charge in [-0.25, -0.2) is 15.0 Å². The maximum Gasteiger partial charge on any atom is 0.164 e. The predicted molar refractivity (Wildman–Crippen MR) is 283 cm³/mol. The number of aromatic nitrogens is 5. The van der Waals surface area contributed by atoms with Crippen LogP contribution in [0.4, 0.5) is 0 Å². The third-order valence-corrected chi connectivity index (χ3v) is 13.6. The van der Waals surface area contributed by atoms with Crippen molar-refractivity contribution in [3.63, 3.8) is 0 Å². The van der Waals surface area contributed by atoms with E-state index in [-0.39, 0.29) is 0 Å². The summed E-state index contributed by atoms with van der Waals surface area (Å²) in [7, 11) is 0. The molecule has 10 aromatic carbocycles. The molecule has 0 aliphatic heterocycles. The molecule has 14 rings (SSSR count). The fourth-order valence-corrected chi connectivity index (χ4v) is 10.4. The van der Waals surface area contributed by atoms with Crippen molar-refractivity contribution in [1.29, 1.82) is 0 Å². The molecular weight excluding hydrogens is 843 g/mol. The van der Waals surface area contributed by atoms with Gasteiger partial charge in [0.15, 0.2) is 17.5 Å². The molecule has 0 fully saturated rings. The predicted octanol–water partition coefficient (Wildman–Crippen LogP) is 16.3. The minimum Gasteiger partial charge on any atom is -0.455 e. The highest BCUT2D eigenvalue weighted by atomic mass is 16.3. The van der Waals surface area contributed by atoms with Crippen molar-refractivity contribution < 1.29 is 4.42 Å². The van der Waals surface area contributed by atoms with Gasteiger partial charge < -0.3 is 13.6 Å². The summed E-state index contributed by atoms with van der Waals surface area (Å²) >= 11 is 0. The van der Waals surface area contributed by atoms with E-state index in [0.29, 0.717) is 17.5 Å². The Bertz CT molecular complexity index is 4270. The van der Waals surface area contributed by atoms with Crippen molar-refractivity contribution in [2.45, 2.75) is 0 Å². The first-order valence-electron chi connectivity index (χ1n) is 23.3. The molecule has 0 radical (unpaired) electrons. The summed E-state index contributed by atoms with van der Waals surface area (Å²) in [6, 6.07) is 83.3. The van der Waals surface area contributed by atoms with Crippen molar-refractivity contribution in [2.75, 3.05) is 0 Å². The molecule has 69 heavy (non-hydrogen) atoms. The van der Waals surface area contributed by atoms with E-state index in [1.165, 1.54) is 16.3 Å². The number of fused-ring (bicyclic) bond motifs is 10. The average Bonchev–Trinajstić information content (AvgIpc) is 4.09. The molecule has 0 saturated heterocycles. The first kappa shape index (κ1) is 38.8. The standard InChI is InChI=1S/C63H39N5O/c1-4-16-40(17-5-1)41-28-30-43(31-29-41)62-64-61(42-18-6-2-7-19-42)65-63(66-62)44-32-35-47(36-33-44)68-55-26-14-11-24-50(55)58-59(68)51(39-53-49-23-12-15-27-57(49)69-60(53)58)45-34-37-56-52(38-45)48-22-10-13-25-54(48)67(56)46-20-8-3-9-21-46/h1-39H. The first-order chi connectivity index (χ1) is 34.2. The van der Waals surface area contributed by atoms with Crippen LogP contribution in [0.15, 0.2) is 241 Å².